The van der Waals surface area contributed by atoms with Gasteiger partial charge < -0.3 is 16.6 Å². The number of anilines is 1. The lowest BCUT2D eigenvalue weighted by molar-refractivity contribution is 0.277. The number of aromatic nitrogens is 2. The number of nitrogen functional groups attached to an aromatic ring is 1. The monoisotopic (exact) mass is 190 g/mol. The molecule has 1 aromatic rings. The van der Waals surface area contributed by atoms with E-state index in [1.54, 1.807) is 6.20 Å². The van der Waals surface area contributed by atoms with Gasteiger partial charge in [-0.1, -0.05) is 11.6 Å². The molecule has 6 heteroatoms. The number of nitrogens with two attached hydrogens (primary N) is 2. The van der Waals surface area contributed by atoms with Gasteiger partial charge in [0, 0.05) is 12.7 Å². The highest BCUT2D eigenvalue weighted by Gasteiger charge is 2.10. The molecule has 68 valence electrons. The van der Waals surface area contributed by atoms with E-state index in [1.165, 1.54) is 4.57 Å². The summed E-state index contributed by atoms with van der Waals surface area (Å²) in [5.74, 6) is 0.268. The molecule has 0 spiro atoms. The molecule has 1 aromatic heterocycles. The zero-order valence-corrected chi connectivity index (χ0v) is 7.20. The molecular formula is C6H11ClN4O. The molecule has 0 bridgehead atoms. The summed E-state index contributed by atoms with van der Waals surface area (Å²) in [4.78, 5) is 3.85. The van der Waals surface area contributed by atoms with Crippen LogP contribution in [0, 0.1) is 0 Å². The fourth-order valence-electron chi connectivity index (χ4n) is 0.875. The first-order valence-corrected chi connectivity index (χ1v) is 3.91. The highest BCUT2D eigenvalue weighted by molar-refractivity contribution is 6.19. The molecule has 5 N–H and O–H groups in total. The van der Waals surface area contributed by atoms with Crippen LogP contribution < -0.4 is 11.5 Å². The van der Waals surface area contributed by atoms with Gasteiger partial charge in [-0.15, -0.1) is 0 Å². The first-order chi connectivity index (χ1) is 5.69. The van der Waals surface area contributed by atoms with Crippen LogP contribution in [0.4, 0.5) is 5.95 Å². The molecule has 0 saturated carbocycles. The van der Waals surface area contributed by atoms with Crippen molar-refractivity contribution in [3.63, 3.8) is 0 Å². The highest BCUT2D eigenvalue weighted by atomic mass is 35.5. The molecule has 12 heavy (non-hydrogen) atoms. The summed E-state index contributed by atoms with van der Waals surface area (Å²) in [6, 6.07) is 0. The van der Waals surface area contributed by atoms with Crippen LogP contribution in [0.2, 0.25) is 0 Å². The van der Waals surface area contributed by atoms with Gasteiger partial charge in [-0.25, -0.2) is 4.98 Å². The normalized spacial score (nSPS) is 13.2. The minimum absolute atomic E-state index is 0.147. The van der Waals surface area contributed by atoms with Gasteiger partial charge in [0.15, 0.2) is 0 Å². The largest absolute Gasteiger partial charge is 0.390 e. The maximum atomic E-state index is 8.72. The summed E-state index contributed by atoms with van der Waals surface area (Å²) in [5, 5.41) is 8.72. The van der Waals surface area contributed by atoms with E-state index in [4.69, 9.17) is 28.2 Å². The Kier molecular flexibility index (Phi) is 2.91. The van der Waals surface area contributed by atoms with Gasteiger partial charge in [-0.2, -0.15) is 0 Å². The number of rotatable bonds is 3. The lowest BCUT2D eigenvalue weighted by atomic mass is 10.5. The molecule has 1 unspecified atom stereocenters. The SMILES string of the molecule is NCC(Cl)n1cc(CO)nc1N. The molecule has 0 fully saturated rings. The Morgan fingerprint density at radius 3 is 2.83 bits per heavy atom. The molecule has 0 aliphatic rings. The molecular weight excluding hydrogens is 180 g/mol. The summed E-state index contributed by atoms with van der Waals surface area (Å²) < 4.78 is 1.52. The van der Waals surface area contributed by atoms with Crippen LogP contribution in [0.1, 0.15) is 11.2 Å². The maximum absolute atomic E-state index is 8.72. The van der Waals surface area contributed by atoms with Gasteiger partial charge in [0.25, 0.3) is 0 Å². The Bertz CT molecular complexity index is 262. The minimum atomic E-state index is -0.405. The third-order valence-electron chi connectivity index (χ3n) is 1.47. The van der Waals surface area contributed by atoms with Gasteiger partial charge >= 0.3 is 0 Å². The fourth-order valence-corrected chi connectivity index (χ4v) is 1.03. The van der Waals surface area contributed by atoms with Crippen LogP contribution in [0.3, 0.4) is 0 Å². The number of aliphatic hydroxyl groups is 1. The van der Waals surface area contributed by atoms with Gasteiger partial charge in [-0.3, -0.25) is 4.57 Å². The van der Waals surface area contributed by atoms with Crippen molar-refractivity contribution in [1.82, 2.24) is 9.55 Å². The molecule has 0 amide bonds. The number of imidazole rings is 1. The second-order valence-corrected chi connectivity index (χ2v) is 2.83. The highest BCUT2D eigenvalue weighted by Crippen LogP contribution is 2.16. The second kappa shape index (κ2) is 3.75. The molecule has 0 aliphatic heterocycles. The van der Waals surface area contributed by atoms with Gasteiger partial charge in [0.1, 0.15) is 5.50 Å². The minimum Gasteiger partial charge on any atom is -0.390 e. The van der Waals surface area contributed by atoms with Gasteiger partial charge in [0.05, 0.1) is 12.3 Å². The lowest BCUT2D eigenvalue weighted by Crippen LogP contribution is -2.15. The molecule has 1 heterocycles. The van der Waals surface area contributed by atoms with Crippen molar-refractivity contribution in [3.05, 3.63) is 11.9 Å². The fraction of sp³-hybridized carbons (Fsp3) is 0.500. The smallest absolute Gasteiger partial charge is 0.201 e. The van der Waals surface area contributed by atoms with Gasteiger partial charge in [0.2, 0.25) is 5.95 Å². The predicted octanol–water partition coefficient (Wildman–Crippen LogP) is -0.346. The van der Waals surface area contributed by atoms with E-state index in [0.717, 1.165) is 0 Å². The van der Waals surface area contributed by atoms with Crippen molar-refractivity contribution >= 4 is 17.5 Å². The standard InChI is InChI=1S/C6H11ClN4O/c7-5(1-8)11-2-4(3-12)10-6(11)9/h2,5,12H,1,3,8H2,(H2,9,10). The van der Waals surface area contributed by atoms with E-state index in [1.807, 2.05) is 0 Å². The summed E-state index contributed by atoms with van der Waals surface area (Å²) in [6.45, 7) is 0.123. The third-order valence-corrected chi connectivity index (χ3v) is 1.86. The molecule has 0 radical (unpaired) electrons. The maximum Gasteiger partial charge on any atom is 0.201 e. The number of hydrogen-bond acceptors (Lipinski definition) is 4. The summed E-state index contributed by atoms with van der Waals surface area (Å²) in [5.41, 5.74) is 10.9. The Morgan fingerprint density at radius 2 is 2.42 bits per heavy atom. The average Bonchev–Trinajstić information content (AvgIpc) is 2.45. The Hall–Kier alpha value is -0.780. The first-order valence-electron chi connectivity index (χ1n) is 3.47. The van der Waals surface area contributed by atoms with Crippen molar-refractivity contribution in [2.24, 2.45) is 5.73 Å². The first kappa shape index (κ1) is 9.31. The summed E-state index contributed by atoms with van der Waals surface area (Å²) >= 11 is 5.80. The van der Waals surface area contributed by atoms with Crippen molar-refractivity contribution in [3.8, 4) is 0 Å². The number of halogens is 1. The van der Waals surface area contributed by atoms with Crippen LogP contribution in [0.25, 0.3) is 0 Å². The number of aliphatic hydroxyl groups excluding tert-OH is 1. The average molecular weight is 191 g/mol. The van der Waals surface area contributed by atoms with Crippen LogP contribution in [-0.4, -0.2) is 21.2 Å². The van der Waals surface area contributed by atoms with Crippen LogP contribution in [0.15, 0.2) is 6.20 Å². The topological polar surface area (TPSA) is 90.1 Å². The number of nitrogens with zero attached hydrogens (tertiary/aromatic N) is 2. The van der Waals surface area contributed by atoms with Crippen LogP contribution in [-0.2, 0) is 6.61 Å². The second-order valence-electron chi connectivity index (χ2n) is 2.33. The van der Waals surface area contributed by atoms with Crippen LogP contribution >= 0.6 is 11.6 Å². The lowest BCUT2D eigenvalue weighted by Gasteiger charge is -2.08. The zero-order chi connectivity index (χ0) is 9.14. The molecule has 1 rings (SSSR count). The number of hydrogen-bond donors (Lipinski definition) is 3. The van der Waals surface area contributed by atoms with Crippen molar-refractivity contribution in [1.29, 1.82) is 0 Å². The Morgan fingerprint density at radius 1 is 1.75 bits per heavy atom. The molecule has 0 aromatic carbocycles. The molecule has 1 atom stereocenters. The number of alkyl halides is 1. The third kappa shape index (κ3) is 1.69. The predicted molar refractivity (Wildman–Crippen MR) is 46.5 cm³/mol. The molecule has 0 aliphatic carbocycles. The van der Waals surface area contributed by atoms with E-state index in [0.29, 0.717) is 5.69 Å². The van der Waals surface area contributed by atoms with E-state index in [2.05, 4.69) is 4.98 Å². The summed E-state index contributed by atoms with van der Waals surface area (Å²) in [6.07, 6.45) is 1.58. The quantitative estimate of drug-likeness (QED) is 0.569. The molecule has 0 saturated heterocycles. The Labute approximate surface area is 74.9 Å². The van der Waals surface area contributed by atoms with E-state index < -0.39 is 5.50 Å². The van der Waals surface area contributed by atoms with Crippen LogP contribution in [0.5, 0.6) is 0 Å². The van der Waals surface area contributed by atoms with E-state index in [-0.39, 0.29) is 19.1 Å². The van der Waals surface area contributed by atoms with Gasteiger partial charge in [-0.05, 0) is 0 Å². The van der Waals surface area contributed by atoms with Crippen molar-refractivity contribution in [2.75, 3.05) is 12.3 Å². The van der Waals surface area contributed by atoms with Crippen molar-refractivity contribution < 1.29 is 5.11 Å². The summed E-state index contributed by atoms with van der Waals surface area (Å²) in [7, 11) is 0. The molecule has 5 nitrogen and oxygen atoms in total. The zero-order valence-electron chi connectivity index (χ0n) is 6.44. The van der Waals surface area contributed by atoms with E-state index in [9.17, 15) is 0 Å². The Balaban J connectivity index is 2.91. The van der Waals surface area contributed by atoms with E-state index >= 15 is 0 Å². The van der Waals surface area contributed by atoms with Crippen molar-refractivity contribution in [2.45, 2.75) is 12.1 Å².